The van der Waals surface area contributed by atoms with Gasteiger partial charge in [0.25, 0.3) is 5.91 Å². The number of carbonyl (C=O) groups is 1. The summed E-state index contributed by atoms with van der Waals surface area (Å²) in [6.45, 7) is 8.80. The van der Waals surface area contributed by atoms with Gasteiger partial charge in [0.1, 0.15) is 0 Å². The van der Waals surface area contributed by atoms with Gasteiger partial charge in [0.15, 0.2) is 0 Å². The van der Waals surface area contributed by atoms with E-state index in [-0.39, 0.29) is 5.91 Å². The molecule has 102 valence electrons. The Bertz CT molecular complexity index is 525. The summed E-state index contributed by atoms with van der Waals surface area (Å²) in [6, 6.07) is 6.65. The maximum absolute atomic E-state index is 12.8. The van der Waals surface area contributed by atoms with Crippen molar-refractivity contribution in [3.05, 3.63) is 34.9 Å². The summed E-state index contributed by atoms with van der Waals surface area (Å²) in [4.78, 5) is 14.9. The fourth-order valence-electron chi connectivity index (χ4n) is 3.26. The van der Waals surface area contributed by atoms with E-state index in [1.165, 1.54) is 11.1 Å². The van der Waals surface area contributed by atoms with Crippen molar-refractivity contribution in [1.29, 1.82) is 0 Å². The molecule has 0 radical (unpaired) electrons. The summed E-state index contributed by atoms with van der Waals surface area (Å²) >= 11 is 1.95. The molecule has 2 aliphatic heterocycles. The molecule has 0 aliphatic carbocycles. The van der Waals surface area contributed by atoms with Gasteiger partial charge in [-0.15, -0.1) is 11.8 Å². The lowest BCUT2D eigenvalue weighted by molar-refractivity contribution is 0.0606. The van der Waals surface area contributed by atoms with Gasteiger partial charge in [0.05, 0.1) is 5.37 Å². The molecule has 0 N–H and O–H groups in total. The van der Waals surface area contributed by atoms with Gasteiger partial charge >= 0.3 is 0 Å². The third kappa shape index (κ3) is 1.90. The fourth-order valence-corrected chi connectivity index (χ4v) is 5.05. The topological polar surface area (TPSA) is 20.3 Å². The second-order valence-corrected chi connectivity index (χ2v) is 7.28. The van der Waals surface area contributed by atoms with Crippen LogP contribution in [0.3, 0.4) is 0 Å². The number of aryl methyl sites for hydroxylation is 1. The van der Waals surface area contributed by atoms with Crippen molar-refractivity contribution in [3.8, 4) is 0 Å². The molecule has 2 aliphatic rings. The van der Waals surface area contributed by atoms with Crippen molar-refractivity contribution in [1.82, 2.24) is 4.90 Å². The van der Waals surface area contributed by atoms with Gasteiger partial charge in [-0.3, -0.25) is 4.79 Å². The summed E-state index contributed by atoms with van der Waals surface area (Å²) in [5.74, 6) is 2.27. The van der Waals surface area contributed by atoms with Crippen molar-refractivity contribution in [2.75, 3.05) is 5.75 Å². The Morgan fingerprint density at radius 2 is 2.11 bits per heavy atom. The number of thioether (sulfide) groups is 1. The summed E-state index contributed by atoms with van der Waals surface area (Å²) in [7, 11) is 0. The number of amides is 1. The number of hydrogen-bond acceptors (Lipinski definition) is 2. The van der Waals surface area contributed by atoms with Gasteiger partial charge in [0, 0.05) is 23.3 Å². The van der Waals surface area contributed by atoms with E-state index in [1.54, 1.807) is 0 Å². The van der Waals surface area contributed by atoms with Crippen LogP contribution < -0.4 is 0 Å². The third-order valence-electron chi connectivity index (χ3n) is 4.43. The minimum atomic E-state index is 0.238. The molecule has 1 fully saturated rings. The number of carbonyl (C=O) groups excluding carboxylic acids is 1. The monoisotopic (exact) mass is 275 g/mol. The van der Waals surface area contributed by atoms with Gasteiger partial charge in [-0.2, -0.15) is 0 Å². The number of nitrogens with zero attached hydrogens (tertiary/aromatic N) is 1. The zero-order chi connectivity index (χ0) is 13.7. The van der Waals surface area contributed by atoms with E-state index in [2.05, 4.69) is 44.7 Å². The second kappa shape index (κ2) is 4.55. The van der Waals surface area contributed by atoms with Crippen molar-refractivity contribution >= 4 is 17.7 Å². The van der Waals surface area contributed by atoms with E-state index < -0.39 is 0 Å². The van der Waals surface area contributed by atoms with E-state index in [9.17, 15) is 4.79 Å². The van der Waals surface area contributed by atoms with Crippen LogP contribution in [0.5, 0.6) is 0 Å². The molecule has 3 atom stereocenters. The normalized spacial score (nSPS) is 29.6. The Kier molecular flexibility index (Phi) is 3.12. The van der Waals surface area contributed by atoms with Crippen LogP contribution in [0.1, 0.15) is 48.2 Å². The smallest absolute Gasteiger partial charge is 0.255 e. The second-order valence-electron chi connectivity index (χ2n) is 6.13. The number of benzene rings is 1. The van der Waals surface area contributed by atoms with Crippen LogP contribution in [-0.2, 0) is 0 Å². The Labute approximate surface area is 119 Å². The molecule has 1 amide bonds. The molecule has 2 nitrogen and oxygen atoms in total. The molecule has 1 aromatic carbocycles. The number of rotatable bonds is 1. The molecule has 19 heavy (non-hydrogen) atoms. The highest BCUT2D eigenvalue weighted by atomic mass is 32.2. The van der Waals surface area contributed by atoms with Gasteiger partial charge in [-0.05, 0) is 24.5 Å². The first-order valence-corrected chi connectivity index (χ1v) is 8.10. The average molecular weight is 275 g/mol. The van der Waals surface area contributed by atoms with Crippen LogP contribution in [0, 0.1) is 12.8 Å². The minimum absolute atomic E-state index is 0.238. The largest absolute Gasteiger partial charge is 0.322 e. The highest BCUT2D eigenvalue weighted by Crippen LogP contribution is 2.45. The molecule has 1 aromatic rings. The molecule has 3 rings (SSSR count). The van der Waals surface area contributed by atoms with Crippen LogP contribution in [0.4, 0.5) is 0 Å². The van der Waals surface area contributed by atoms with Crippen LogP contribution in [0.2, 0.25) is 0 Å². The van der Waals surface area contributed by atoms with Gasteiger partial charge in [-0.25, -0.2) is 0 Å². The van der Waals surface area contributed by atoms with Crippen molar-refractivity contribution in [2.45, 2.75) is 45.0 Å². The molecule has 2 heterocycles. The quantitative estimate of drug-likeness (QED) is 0.779. The molecule has 0 spiro atoms. The van der Waals surface area contributed by atoms with Crippen LogP contribution in [-0.4, -0.2) is 28.0 Å². The first kappa shape index (κ1) is 13.0. The molecule has 1 saturated heterocycles. The molecule has 0 aromatic heterocycles. The summed E-state index contributed by atoms with van der Waals surface area (Å²) in [5.41, 5.74) is 3.40. The maximum atomic E-state index is 12.8. The van der Waals surface area contributed by atoms with E-state index in [4.69, 9.17) is 0 Å². The fraction of sp³-hybridized carbons (Fsp3) is 0.562. The number of hydrogen-bond donors (Lipinski definition) is 0. The zero-order valence-electron chi connectivity index (χ0n) is 12.0. The van der Waals surface area contributed by atoms with E-state index in [0.717, 1.165) is 11.3 Å². The van der Waals surface area contributed by atoms with Gasteiger partial charge in [-0.1, -0.05) is 38.5 Å². The maximum Gasteiger partial charge on any atom is 0.255 e. The van der Waals surface area contributed by atoms with Crippen LogP contribution >= 0.6 is 11.8 Å². The lowest BCUT2D eigenvalue weighted by atomic mass is 9.87. The standard InChI is InChI=1S/C16H21NOS/c1-9(2)14-8-19-16-11(4)13-7-10(3)5-6-12(13)15(18)17(14)16/h5-7,9,11,14,16H,8H2,1-4H3/t11-,14-,16+/m1/s1. The summed E-state index contributed by atoms with van der Waals surface area (Å²) in [6.07, 6.45) is 0. The third-order valence-corrected chi connectivity index (χ3v) is 5.94. The van der Waals surface area contributed by atoms with Crippen molar-refractivity contribution in [2.24, 2.45) is 5.92 Å². The number of fused-ring (bicyclic) bond motifs is 2. The predicted octanol–water partition coefficient (Wildman–Crippen LogP) is 3.65. The lowest BCUT2D eigenvalue weighted by Gasteiger charge is -2.39. The first-order valence-electron chi connectivity index (χ1n) is 7.05. The van der Waals surface area contributed by atoms with Crippen LogP contribution in [0.15, 0.2) is 18.2 Å². The van der Waals surface area contributed by atoms with Crippen molar-refractivity contribution in [3.63, 3.8) is 0 Å². The highest BCUT2D eigenvalue weighted by molar-refractivity contribution is 8.00. The van der Waals surface area contributed by atoms with Crippen molar-refractivity contribution < 1.29 is 4.79 Å². The minimum Gasteiger partial charge on any atom is -0.322 e. The van der Waals surface area contributed by atoms with E-state index in [1.807, 2.05) is 17.8 Å². The zero-order valence-corrected chi connectivity index (χ0v) is 12.8. The van der Waals surface area contributed by atoms with Crippen LogP contribution in [0.25, 0.3) is 0 Å². The molecular formula is C16H21NOS. The van der Waals surface area contributed by atoms with Gasteiger partial charge < -0.3 is 4.90 Å². The van der Waals surface area contributed by atoms with Gasteiger partial charge in [0.2, 0.25) is 0 Å². The average Bonchev–Trinajstić information content (AvgIpc) is 2.81. The first-order chi connectivity index (χ1) is 9.00. The molecule has 0 bridgehead atoms. The van der Waals surface area contributed by atoms with E-state index >= 15 is 0 Å². The SMILES string of the molecule is Cc1ccc2c(c1)[C@@H](C)[C@@H]1SC[C@H](C(C)C)N1C2=O. The Morgan fingerprint density at radius 1 is 1.37 bits per heavy atom. The lowest BCUT2D eigenvalue weighted by Crippen LogP contribution is -2.48. The predicted molar refractivity (Wildman–Crippen MR) is 80.6 cm³/mol. The Balaban J connectivity index is 2.07. The summed E-state index contributed by atoms with van der Waals surface area (Å²) < 4.78 is 0. The Morgan fingerprint density at radius 3 is 2.79 bits per heavy atom. The molecule has 0 saturated carbocycles. The molecular weight excluding hydrogens is 254 g/mol. The highest BCUT2D eigenvalue weighted by Gasteiger charge is 2.46. The van der Waals surface area contributed by atoms with E-state index in [0.29, 0.717) is 23.3 Å². The Hall–Kier alpha value is -0.960. The molecule has 3 heteroatoms. The summed E-state index contributed by atoms with van der Waals surface area (Å²) in [5, 5.41) is 0.328. The molecule has 0 unspecified atom stereocenters.